The van der Waals surface area contributed by atoms with Crippen LogP contribution in [-0.4, -0.2) is 26.1 Å². The Balaban J connectivity index is 0.00000256. The minimum atomic E-state index is -0.0465. The molecule has 17 heavy (non-hydrogen) atoms. The molecule has 0 aromatic heterocycles. The van der Waals surface area contributed by atoms with Gasteiger partial charge in [-0.25, -0.2) is 0 Å². The zero-order valence-corrected chi connectivity index (χ0v) is 11.2. The summed E-state index contributed by atoms with van der Waals surface area (Å²) in [5.41, 5.74) is 1.82. The van der Waals surface area contributed by atoms with Crippen LogP contribution in [0.4, 0.5) is 5.69 Å². The lowest BCUT2D eigenvalue weighted by molar-refractivity contribution is -0.115. The van der Waals surface area contributed by atoms with Crippen molar-refractivity contribution in [2.24, 2.45) is 0 Å². The lowest BCUT2D eigenvalue weighted by Gasteiger charge is -2.10. The number of rotatable bonds is 5. The number of benzene rings is 1. The quantitative estimate of drug-likeness (QED) is 0.849. The molecule has 0 saturated carbocycles. The monoisotopic (exact) mass is 258 g/mol. The van der Waals surface area contributed by atoms with E-state index in [4.69, 9.17) is 4.74 Å². The molecule has 4 nitrogen and oxygen atoms in total. The van der Waals surface area contributed by atoms with Crippen LogP contribution in [-0.2, 0) is 4.79 Å². The molecule has 96 valence electrons. The summed E-state index contributed by atoms with van der Waals surface area (Å²) in [5, 5.41) is 5.63. The molecule has 0 heterocycles. The Morgan fingerprint density at radius 3 is 2.65 bits per heavy atom. The van der Waals surface area contributed by atoms with Crippen molar-refractivity contribution < 1.29 is 9.53 Å². The van der Waals surface area contributed by atoms with E-state index in [1.165, 1.54) is 0 Å². The Morgan fingerprint density at radius 2 is 2.12 bits per heavy atom. The van der Waals surface area contributed by atoms with E-state index in [0.29, 0.717) is 13.2 Å². The van der Waals surface area contributed by atoms with Gasteiger partial charge in [-0.05, 0) is 44.7 Å². The molecule has 1 aromatic carbocycles. The van der Waals surface area contributed by atoms with Crippen LogP contribution in [0.25, 0.3) is 0 Å². The highest BCUT2D eigenvalue weighted by Gasteiger charge is 2.04. The third-order valence-corrected chi connectivity index (χ3v) is 2.12. The molecule has 0 radical (unpaired) electrons. The van der Waals surface area contributed by atoms with Crippen LogP contribution in [0.3, 0.4) is 0 Å². The molecule has 0 aliphatic carbocycles. The van der Waals surface area contributed by atoms with E-state index in [-0.39, 0.29) is 18.3 Å². The predicted molar refractivity (Wildman–Crippen MR) is 72.2 cm³/mol. The largest absolute Gasteiger partial charge is 0.494 e. The van der Waals surface area contributed by atoms with Gasteiger partial charge in [0.2, 0.25) is 5.91 Å². The van der Waals surface area contributed by atoms with E-state index < -0.39 is 0 Å². The van der Waals surface area contributed by atoms with Gasteiger partial charge in [0.1, 0.15) is 5.75 Å². The maximum atomic E-state index is 11.4. The fourth-order valence-electron chi connectivity index (χ4n) is 1.39. The van der Waals surface area contributed by atoms with E-state index in [1.807, 2.05) is 32.0 Å². The van der Waals surface area contributed by atoms with Gasteiger partial charge in [-0.15, -0.1) is 12.4 Å². The summed E-state index contributed by atoms with van der Waals surface area (Å²) in [7, 11) is 1.74. The Kier molecular flexibility index (Phi) is 7.34. The minimum Gasteiger partial charge on any atom is -0.494 e. The summed E-state index contributed by atoms with van der Waals surface area (Å²) in [6.45, 7) is 4.84. The van der Waals surface area contributed by atoms with Gasteiger partial charge in [-0.3, -0.25) is 4.79 Å². The number of carbonyl (C=O) groups is 1. The average Bonchev–Trinajstić information content (AvgIpc) is 2.23. The van der Waals surface area contributed by atoms with Gasteiger partial charge in [-0.1, -0.05) is 0 Å². The molecule has 0 saturated heterocycles. The first-order valence-corrected chi connectivity index (χ1v) is 5.35. The summed E-state index contributed by atoms with van der Waals surface area (Å²) in [6.07, 6.45) is 0. The Morgan fingerprint density at radius 1 is 1.41 bits per heavy atom. The van der Waals surface area contributed by atoms with Crippen molar-refractivity contribution in [2.45, 2.75) is 13.8 Å². The number of aryl methyl sites for hydroxylation is 1. The van der Waals surface area contributed by atoms with Gasteiger partial charge < -0.3 is 15.4 Å². The van der Waals surface area contributed by atoms with Crippen LogP contribution < -0.4 is 15.4 Å². The van der Waals surface area contributed by atoms with Crippen molar-refractivity contribution in [1.82, 2.24) is 5.32 Å². The van der Waals surface area contributed by atoms with Crippen molar-refractivity contribution in [3.8, 4) is 5.75 Å². The third kappa shape index (κ3) is 5.06. The molecule has 0 unspecified atom stereocenters. The molecule has 2 N–H and O–H groups in total. The molecule has 0 fully saturated rings. The summed E-state index contributed by atoms with van der Waals surface area (Å²) in [6, 6.07) is 5.62. The van der Waals surface area contributed by atoms with Crippen LogP contribution >= 0.6 is 12.4 Å². The Hall–Kier alpha value is -1.26. The SMILES string of the molecule is CCOc1ccc(NC(=O)CNC)c(C)c1.Cl. The first-order valence-electron chi connectivity index (χ1n) is 5.35. The van der Waals surface area contributed by atoms with Gasteiger partial charge in [0.25, 0.3) is 0 Å². The number of nitrogens with one attached hydrogen (secondary N) is 2. The van der Waals surface area contributed by atoms with Crippen LogP contribution in [0, 0.1) is 6.92 Å². The molecule has 0 spiro atoms. The number of halogens is 1. The topological polar surface area (TPSA) is 50.4 Å². The molecule has 0 bridgehead atoms. The second-order valence-electron chi connectivity index (χ2n) is 3.49. The molecule has 0 aliphatic heterocycles. The smallest absolute Gasteiger partial charge is 0.238 e. The summed E-state index contributed by atoms with van der Waals surface area (Å²) >= 11 is 0. The number of amides is 1. The lowest BCUT2D eigenvalue weighted by atomic mass is 10.2. The highest BCUT2D eigenvalue weighted by molar-refractivity contribution is 5.93. The number of hydrogen-bond acceptors (Lipinski definition) is 3. The van der Waals surface area contributed by atoms with Crippen LogP contribution in [0.5, 0.6) is 5.75 Å². The number of ether oxygens (including phenoxy) is 1. The highest BCUT2D eigenvalue weighted by atomic mass is 35.5. The molecule has 1 rings (SSSR count). The van der Waals surface area contributed by atoms with Gasteiger partial charge >= 0.3 is 0 Å². The van der Waals surface area contributed by atoms with Gasteiger partial charge in [0.05, 0.1) is 13.2 Å². The molecule has 5 heteroatoms. The average molecular weight is 259 g/mol. The standard InChI is InChI=1S/C12H18N2O2.ClH/c1-4-16-10-5-6-11(9(2)7-10)14-12(15)8-13-3;/h5-7,13H,4,8H2,1-3H3,(H,14,15);1H. The lowest BCUT2D eigenvalue weighted by Crippen LogP contribution is -2.25. The summed E-state index contributed by atoms with van der Waals surface area (Å²) in [5.74, 6) is 0.779. The van der Waals surface area contributed by atoms with E-state index in [2.05, 4.69) is 10.6 Å². The number of anilines is 1. The zero-order valence-electron chi connectivity index (χ0n) is 10.4. The second kappa shape index (κ2) is 7.92. The molecule has 1 aromatic rings. The van der Waals surface area contributed by atoms with Crippen molar-refractivity contribution >= 4 is 24.0 Å². The fraction of sp³-hybridized carbons (Fsp3) is 0.417. The molecule has 0 aliphatic rings. The van der Waals surface area contributed by atoms with E-state index in [9.17, 15) is 4.79 Å². The zero-order chi connectivity index (χ0) is 12.0. The maximum absolute atomic E-state index is 11.4. The molecule has 0 atom stereocenters. The highest BCUT2D eigenvalue weighted by Crippen LogP contribution is 2.21. The fourth-order valence-corrected chi connectivity index (χ4v) is 1.39. The minimum absolute atomic E-state index is 0. The van der Waals surface area contributed by atoms with Gasteiger partial charge in [0.15, 0.2) is 0 Å². The first-order chi connectivity index (χ1) is 7.67. The van der Waals surface area contributed by atoms with Crippen molar-refractivity contribution in [2.75, 3.05) is 25.5 Å². The summed E-state index contributed by atoms with van der Waals surface area (Å²) < 4.78 is 5.37. The van der Waals surface area contributed by atoms with Crippen molar-refractivity contribution in [3.63, 3.8) is 0 Å². The number of hydrogen-bond donors (Lipinski definition) is 2. The first kappa shape index (κ1) is 15.7. The van der Waals surface area contributed by atoms with Crippen molar-refractivity contribution in [3.05, 3.63) is 23.8 Å². The Bertz CT molecular complexity index is 370. The summed E-state index contributed by atoms with van der Waals surface area (Å²) in [4.78, 5) is 11.4. The second-order valence-corrected chi connectivity index (χ2v) is 3.49. The molecule has 1 amide bonds. The number of likely N-dealkylation sites (N-methyl/N-ethyl adjacent to an activating group) is 1. The normalized spacial score (nSPS) is 9.35. The van der Waals surface area contributed by atoms with Crippen molar-refractivity contribution in [1.29, 1.82) is 0 Å². The maximum Gasteiger partial charge on any atom is 0.238 e. The molecular weight excluding hydrogens is 240 g/mol. The van der Waals surface area contributed by atoms with Crippen LogP contribution in [0.1, 0.15) is 12.5 Å². The van der Waals surface area contributed by atoms with Gasteiger partial charge in [-0.2, -0.15) is 0 Å². The van der Waals surface area contributed by atoms with Crippen LogP contribution in [0.2, 0.25) is 0 Å². The predicted octanol–water partition coefficient (Wildman–Crippen LogP) is 1.97. The van der Waals surface area contributed by atoms with E-state index >= 15 is 0 Å². The van der Waals surface area contributed by atoms with Gasteiger partial charge in [0, 0.05) is 5.69 Å². The molecular formula is C12H19ClN2O2. The Labute approximate surface area is 108 Å². The third-order valence-electron chi connectivity index (χ3n) is 2.12. The van der Waals surface area contributed by atoms with E-state index in [1.54, 1.807) is 7.05 Å². The van der Waals surface area contributed by atoms with Crippen LogP contribution in [0.15, 0.2) is 18.2 Å². The van der Waals surface area contributed by atoms with E-state index in [0.717, 1.165) is 17.0 Å². The number of carbonyl (C=O) groups excluding carboxylic acids is 1.